The van der Waals surface area contributed by atoms with E-state index in [-0.39, 0.29) is 12.5 Å². The fraction of sp³-hybridized carbons (Fsp3) is 0.400. The van der Waals surface area contributed by atoms with Gasteiger partial charge in [0.25, 0.3) is 0 Å². The number of hydrogen-bond donors (Lipinski definition) is 3. The Morgan fingerprint density at radius 1 is 1.37 bits per heavy atom. The molecule has 4 nitrogen and oxygen atoms in total. The van der Waals surface area contributed by atoms with Gasteiger partial charge in [-0.1, -0.05) is 32.0 Å². The zero-order valence-electron chi connectivity index (χ0n) is 11.3. The normalized spacial score (nSPS) is 13.0. The Bertz CT molecular complexity index is 560. The molecule has 0 amide bonds. The van der Waals surface area contributed by atoms with Crippen LogP contribution in [-0.2, 0) is 11.3 Å². The first-order chi connectivity index (χ1) is 9.08. The Kier molecular flexibility index (Phi) is 4.22. The number of benzene rings is 1. The Labute approximate surface area is 112 Å². The first-order valence-electron chi connectivity index (χ1n) is 6.58. The zero-order chi connectivity index (χ0) is 13.8. The number of carbonyl (C=O) groups is 1. The molecule has 102 valence electrons. The molecule has 19 heavy (non-hydrogen) atoms. The molecule has 0 saturated carbocycles. The predicted molar refractivity (Wildman–Crippen MR) is 76.0 cm³/mol. The molecular formula is C15H20N2O2. The molecule has 1 aromatic heterocycles. The van der Waals surface area contributed by atoms with Crippen LogP contribution in [-0.4, -0.2) is 22.1 Å². The van der Waals surface area contributed by atoms with Crippen LogP contribution < -0.4 is 5.32 Å². The van der Waals surface area contributed by atoms with E-state index in [4.69, 9.17) is 5.11 Å². The number of carboxylic acid groups (broad SMARTS) is 1. The highest BCUT2D eigenvalue weighted by Gasteiger charge is 2.16. The van der Waals surface area contributed by atoms with Crippen molar-refractivity contribution in [1.29, 1.82) is 0 Å². The van der Waals surface area contributed by atoms with Crippen molar-refractivity contribution in [2.24, 2.45) is 5.92 Å². The number of aliphatic carboxylic acids is 1. The molecule has 0 aliphatic rings. The van der Waals surface area contributed by atoms with Gasteiger partial charge in [-0.15, -0.1) is 0 Å². The van der Waals surface area contributed by atoms with Crippen LogP contribution in [0.15, 0.2) is 30.5 Å². The Morgan fingerprint density at radius 2 is 2.11 bits per heavy atom. The summed E-state index contributed by atoms with van der Waals surface area (Å²) < 4.78 is 0. The highest BCUT2D eigenvalue weighted by atomic mass is 16.4. The largest absolute Gasteiger partial charge is 0.481 e. The lowest BCUT2D eigenvalue weighted by molar-refractivity contribution is -0.137. The van der Waals surface area contributed by atoms with E-state index >= 15 is 0 Å². The molecule has 0 aliphatic heterocycles. The number of aromatic nitrogens is 1. The minimum absolute atomic E-state index is 0.00818. The number of para-hydroxylation sites is 1. The molecule has 0 aliphatic carbocycles. The van der Waals surface area contributed by atoms with Gasteiger partial charge in [-0.05, 0) is 17.5 Å². The van der Waals surface area contributed by atoms with Crippen LogP contribution in [0.1, 0.15) is 25.8 Å². The second kappa shape index (κ2) is 5.89. The Balaban J connectivity index is 2.06. The average molecular weight is 260 g/mol. The molecule has 0 spiro atoms. The SMILES string of the molecule is CC(C)C(CC(=O)O)NCc1c[nH]c2ccccc12. The van der Waals surface area contributed by atoms with E-state index in [2.05, 4.69) is 16.4 Å². The number of carboxylic acids is 1. The summed E-state index contributed by atoms with van der Waals surface area (Å²) in [6.45, 7) is 4.76. The molecule has 0 saturated heterocycles. The average Bonchev–Trinajstić information content (AvgIpc) is 2.77. The molecule has 0 bridgehead atoms. The maximum absolute atomic E-state index is 10.8. The minimum atomic E-state index is -0.759. The smallest absolute Gasteiger partial charge is 0.304 e. The first-order valence-corrected chi connectivity index (χ1v) is 6.58. The molecule has 3 N–H and O–H groups in total. The van der Waals surface area contributed by atoms with Crippen molar-refractivity contribution in [3.8, 4) is 0 Å². The van der Waals surface area contributed by atoms with E-state index in [0.717, 1.165) is 5.52 Å². The van der Waals surface area contributed by atoms with Gasteiger partial charge in [0, 0.05) is 29.7 Å². The van der Waals surface area contributed by atoms with Gasteiger partial charge in [-0.25, -0.2) is 0 Å². The third-order valence-corrected chi connectivity index (χ3v) is 3.43. The van der Waals surface area contributed by atoms with E-state index in [1.54, 1.807) is 0 Å². The van der Waals surface area contributed by atoms with Gasteiger partial charge in [0.15, 0.2) is 0 Å². The molecule has 1 atom stereocenters. The van der Waals surface area contributed by atoms with Crippen LogP contribution in [0.2, 0.25) is 0 Å². The van der Waals surface area contributed by atoms with Crippen LogP contribution in [0.5, 0.6) is 0 Å². The summed E-state index contributed by atoms with van der Waals surface area (Å²) in [5, 5.41) is 13.4. The van der Waals surface area contributed by atoms with Crippen molar-refractivity contribution in [2.75, 3.05) is 0 Å². The van der Waals surface area contributed by atoms with E-state index < -0.39 is 5.97 Å². The number of aromatic amines is 1. The van der Waals surface area contributed by atoms with Crippen LogP contribution in [0.25, 0.3) is 10.9 Å². The molecule has 1 aromatic carbocycles. The molecule has 2 aromatic rings. The highest BCUT2D eigenvalue weighted by molar-refractivity contribution is 5.82. The van der Waals surface area contributed by atoms with Crippen LogP contribution in [0.3, 0.4) is 0 Å². The van der Waals surface area contributed by atoms with E-state index in [9.17, 15) is 4.79 Å². The first kappa shape index (κ1) is 13.6. The zero-order valence-corrected chi connectivity index (χ0v) is 11.3. The lowest BCUT2D eigenvalue weighted by Crippen LogP contribution is -2.35. The Hall–Kier alpha value is -1.81. The van der Waals surface area contributed by atoms with Gasteiger partial charge < -0.3 is 15.4 Å². The monoisotopic (exact) mass is 260 g/mol. The molecule has 1 unspecified atom stereocenters. The topological polar surface area (TPSA) is 65.1 Å². The summed E-state index contributed by atoms with van der Waals surface area (Å²) in [5.41, 5.74) is 2.28. The van der Waals surface area contributed by atoms with Crippen molar-refractivity contribution in [3.63, 3.8) is 0 Å². The van der Waals surface area contributed by atoms with Crippen molar-refractivity contribution >= 4 is 16.9 Å². The third kappa shape index (κ3) is 3.35. The van der Waals surface area contributed by atoms with Crippen LogP contribution in [0, 0.1) is 5.92 Å². The van der Waals surface area contributed by atoms with Gasteiger partial charge in [0.05, 0.1) is 6.42 Å². The third-order valence-electron chi connectivity index (χ3n) is 3.43. The summed E-state index contributed by atoms with van der Waals surface area (Å²) >= 11 is 0. The number of H-pyrrole nitrogens is 1. The fourth-order valence-corrected chi connectivity index (χ4v) is 2.25. The summed E-state index contributed by atoms with van der Waals surface area (Å²) in [7, 11) is 0. The maximum Gasteiger partial charge on any atom is 0.304 e. The van der Waals surface area contributed by atoms with Crippen molar-refractivity contribution in [3.05, 3.63) is 36.0 Å². The van der Waals surface area contributed by atoms with Gasteiger partial charge in [-0.2, -0.15) is 0 Å². The molecule has 0 radical (unpaired) electrons. The van der Waals surface area contributed by atoms with Crippen LogP contribution in [0.4, 0.5) is 0 Å². The number of hydrogen-bond acceptors (Lipinski definition) is 2. The molecule has 0 fully saturated rings. The molecule has 4 heteroatoms. The number of rotatable bonds is 6. The van der Waals surface area contributed by atoms with Crippen molar-refractivity contribution in [1.82, 2.24) is 10.3 Å². The fourth-order valence-electron chi connectivity index (χ4n) is 2.25. The van der Waals surface area contributed by atoms with Gasteiger partial charge in [0.2, 0.25) is 0 Å². The van der Waals surface area contributed by atoms with Gasteiger partial charge >= 0.3 is 5.97 Å². The van der Waals surface area contributed by atoms with Crippen LogP contribution >= 0.6 is 0 Å². The molecular weight excluding hydrogens is 240 g/mol. The van der Waals surface area contributed by atoms with Gasteiger partial charge in [0.1, 0.15) is 0 Å². The van der Waals surface area contributed by atoms with Gasteiger partial charge in [-0.3, -0.25) is 4.79 Å². The minimum Gasteiger partial charge on any atom is -0.481 e. The lowest BCUT2D eigenvalue weighted by atomic mass is 10.0. The van der Waals surface area contributed by atoms with Crippen molar-refractivity contribution in [2.45, 2.75) is 32.9 Å². The number of nitrogens with one attached hydrogen (secondary N) is 2. The van der Waals surface area contributed by atoms with E-state index in [1.807, 2.05) is 38.2 Å². The Morgan fingerprint density at radius 3 is 2.79 bits per heavy atom. The van der Waals surface area contributed by atoms with E-state index in [1.165, 1.54) is 10.9 Å². The summed E-state index contributed by atoms with van der Waals surface area (Å²) in [6.07, 6.45) is 2.13. The van der Waals surface area contributed by atoms with Crippen molar-refractivity contribution < 1.29 is 9.90 Å². The standard InChI is InChI=1S/C15H20N2O2/c1-10(2)14(7-15(18)19)17-9-11-8-16-13-6-4-3-5-12(11)13/h3-6,8,10,14,16-17H,7,9H2,1-2H3,(H,18,19). The summed E-state index contributed by atoms with van der Waals surface area (Å²) in [4.78, 5) is 14.1. The lowest BCUT2D eigenvalue weighted by Gasteiger charge is -2.20. The predicted octanol–water partition coefficient (Wildman–Crippen LogP) is 2.76. The number of fused-ring (bicyclic) bond motifs is 1. The summed E-state index contributed by atoms with van der Waals surface area (Å²) in [6, 6.07) is 8.11. The van der Waals surface area contributed by atoms with E-state index in [0.29, 0.717) is 12.5 Å². The molecule has 1 heterocycles. The highest BCUT2D eigenvalue weighted by Crippen LogP contribution is 2.18. The maximum atomic E-state index is 10.8. The summed E-state index contributed by atoms with van der Waals surface area (Å²) in [5.74, 6) is -0.466. The quantitative estimate of drug-likeness (QED) is 0.748. The second-order valence-corrected chi connectivity index (χ2v) is 5.19. The molecule has 2 rings (SSSR count). The second-order valence-electron chi connectivity index (χ2n) is 5.19.